The zero-order chi connectivity index (χ0) is 21.1. The van der Waals surface area contributed by atoms with Crippen molar-refractivity contribution in [3.63, 3.8) is 0 Å². The molecular weight excluding hydrogens is 422 g/mol. The van der Waals surface area contributed by atoms with E-state index in [-0.39, 0.29) is 24.8 Å². The molecule has 152 valence electrons. The molecule has 3 aromatic rings. The van der Waals surface area contributed by atoms with Gasteiger partial charge in [0.25, 0.3) is 5.91 Å². The number of rotatable bonds is 5. The van der Waals surface area contributed by atoms with Gasteiger partial charge in [0.1, 0.15) is 11.8 Å². The Labute approximate surface area is 184 Å². The Morgan fingerprint density at radius 1 is 1.10 bits per heavy atom. The molecule has 1 N–H and O–H groups in total. The van der Waals surface area contributed by atoms with Crippen LogP contribution >= 0.6 is 23.8 Å². The lowest BCUT2D eigenvalue weighted by atomic mass is 10.2. The number of thiocarbonyl (C=S) groups is 1. The van der Waals surface area contributed by atoms with Crippen molar-refractivity contribution in [2.45, 2.75) is 19.0 Å². The number of hydrogen-bond acceptors (Lipinski definition) is 4. The third kappa shape index (κ3) is 4.22. The first kappa shape index (κ1) is 20.1. The van der Waals surface area contributed by atoms with Crippen LogP contribution in [0.3, 0.4) is 0 Å². The largest absolute Gasteiger partial charge is 0.467 e. The molecule has 2 amide bonds. The van der Waals surface area contributed by atoms with Crippen molar-refractivity contribution < 1.29 is 14.0 Å². The number of nitrogens with one attached hydrogen (secondary N) is 1. The van der Waals surface area contributed by atoms with E-state index < -0.39 is 6.04 Å². The van der Waals surface area contributed by atoms with Gasteiger partial charge >= 0.3 is 0 Å². The average Bonchev–Trinajstić information content (AvgIpc) is 3.35. The van der Waals surface area contributed by atoms with Crippen molar-refractivity contribution in [3.05, 3.63) is 83.8 Å². The van der Waals surface area contributed by atoms with Gasteiger partial charge in [-0.05, 0) is 60.7 Å². The molecule has 1 atom stereocenters. The molecule has 2 aromatic carbocycles. The molecule has 8 heteroatoms. The summed E-state index contributed by atoms with van der Waals surface area (Å²) < 4.78 is 5.46. The lowest BCUT2D eigenvalue weighted by molar-refractivity contribution is -0.122. The molecule has 2 heterocycles. The van der Waals surface area contributed by atoms with Gasteiger partial charge in [-0.1, -0.05) is 29.8 Å². The number of para-hydroxylation sites is 1. The number of halogens is 1. The predicted molar refractivity (Wildman–Crippen MR) is 119 cm³/mol. The van der Waals surface area contributed by atoms with Gasteiger partial charge in [-0.15, -0.1) is 0 Å². The highest BCUT2D eigenvalue weighted by atomic mass is 35.5. The van der Waals surface area contributed by atoms with E-state index in [1.165, 1.54) is 4.90 Å². The van der Waals surface area contributed by atoms with Crippen LogP contribution in [0.4, 0.5) is 11.4 Å². The number of amides is 2. The zero-order valence-corrected chi connectivity index (χ0v) is 17.4. The molecule has 1 unspecified atom stereocenters. The third-order valence-electron chi connectivity index (χ3n) is 4.78. The SMILES string of the molecule is O=C1CC(N(Cc2ccco2)C(=S)Nc2ccccc2)C(=O)N1c1ccc(Cl)cc1. The Bertz CT molecular complexity index is 1060. The highest BCUT2D eigenvalue weighted by Crippen LogP contribution is 2.28. The lowest BCUT2D eigenvalue weighted by Crippen LogP contribution is -2.46. The Balaban J connectivity index is 1.61. The molecule has 1 aromatic heterocycles. The molecule has 1 aliphatic rings. The first-order chi connectivity index (χ1) is 14.5. The summed E-state index contributed by atoms with van der Waals surface area (Å²) in [5, 5.41) is 4.01. The van der Waals surface area contributed by atoms with E-state index in [0.29, 0.717) is 21.6 Å². The standard InChI is InChI=1S/C22H18ClN3O3S/c23-15-8-10-17(11-9-15)26-20(27)13-19(21(26)28)25(14-18-7-4-12-29-18)22(30)24-16-5-2-1-3-6-16/h1-12,19H,13-14H2,(H,24,30). The van der Waals surface area contributed by atoms with Crippen molar-refractivity contribution in [3.8, 4) is 0 Å². The topological polar surface area (TPSA) is 65.8 Å². The summed E-state index contributed by atoms with van der Waals surface area (Å²) in [6.07, 6.45) is 1.57. The van der Waals surface area contributed by atoms with Crippen molar-refractivity contribution >= 4 is 52.1 Å². The van der Waals surface area contributed by atoms with Gasteiger partial charge in [-0.2, -0.15) is 0 Å². The van der Waals surface area contributed by atoms with Gasteiger partial charge in [0.05, 0.1) is 24.9 Å². The lowest BCUT2D eigenvalue weighted by Gasteiger charge is -2.29. The number of furan rings is 1. The molecule has 0 saturated carbocycles. The number of benzene rings is 2. The summed E-state index contributed by atoms with van der Waals surface area (Å²) in [6, 6.07) is 18.8. The summed E-state index contributed by atoms with van der Waals surface area (Å²) >= 11 is 11.5. The van der Waals surface area contributed by atoms with E-state index >= 15 is 0 Å². The average molecular weight is 440 g/mol. The summed E-state index contributed by atoms with van der Waals surface area (Å²) in [4.78, 5) is 28.8. The minimum absolute atomic E-state index is 0.0127. The van der Waals surface area contributed by atoms with Crippen LogP contribution in [-0.4, -0.2) is 27.9 Å². The van der Waals surface area contributed by atoms with Crippen molar-refractivity contribution in [1.29, 1.82) is 0 Å². The second-order valence-electron chi connectivity index (χ2n) is 6.77. The van der Waals surface area contributed by atoms with Crippen LogP contribution in [-0.2, 0) is 16.1 Å². The maximum absolute atomic E-state index is 13.2. The molecule has 1 saturated heterocycles. The van der Waals surface area contributed by atoms with E-state index in [1.54, 1.807) is 47.6 Å². The Kier molecular flexibility index (Phi) is 5.83. The van der Waals surface area contributed by atoms with Crippen LogP contribution < -0.4 is 10.2 Å². The third-order valence-corrected chi connectivity index (χ3v) is 5.36. The van der Waals surface area contributed by atoms with Crippen molar-refractivity contribution in [2.24, 2.45) is 0 Å². The maximum atomic E-state index is 13.2. The molecule has 0 spiro atoms. The number of hydrogen-bond donors (Lipinski definition) is 1. The first-order valence-corrected chi connectivity index (χ1v) is 10.1. The molecule has 0 aliphatic carbocycles. The Hall–Kier alpha value is -3.16. The Morgan fingerprint density at radius 3 is 2.50 bits per heavy atom. The van der Waals surface area contributed by atoms with Gasteiger partial charge < -0.3 is 14.6 Å². The highest BCUT2D eigenvalue weighted by Gasteiger charge is 2.43. The molecule has 1 aliphatic heterocycles. The second-order valence-corrected chi connectivity index (χ2v) is 7.59. The Morgan fingerprint density at radius 2 is 1.83 bits per heavy atom. The maximum Gasteiger partial charge on any atom is 0.257 e. The van der Waals surface area contributed by atoms with Crippen LogP contribution in [0.15, 0.2) is 77.4 Å². The minimum Gasteiger partial charge on any atom is -0.467 e. The molecule has 4 rings (SSSR count). The number of nitrogens with zero attached hydrogens (tertiary/aromatic N) is 2. The van der Waals surface area contributed by atoms with Gasteiger partial charge in [0.2, 0.25) is 5.91 Å². The minimum atomic E-state index is -0.748. The zero-order valence-electron chi connectivity index (χ0n) is 15.8. The molecule has 6 nitrogen and oxygen atoms in total. The molecular formula is C22H18ClN3O3S. The fourth-order valence-electron chi connectivity index (χ4n) is 3.33. The summed E-state index contributed by atoms with van der Waals surface area (Å²) in [6.45, 7) is 0.254. The van der Waals surface area contributed by atoms with Crippen LogP contribution in [0.2, 0.25) is 5.02 Å². The molecule has 0 radical (unpaired) electrons. The fraction of sp³-hybridized carbons (Fsp3) is 0.136. The number of anilines is 2. The summed E-state index contributed by atoms with van der Waals surface area (Å²) in [7, 11) is 0. The van der Waals surface area contributed by atoms with E-state index in [2.05, 4.69) is 5.32 Å². The number of carbonyl (C=O) groups is 2. The van der Waals surface area contributed by atoms with Crippen LogP contribution in [0, 0.1) is 0 Å². The smallest absolute Gasteiger partial charge is 0.257 e. The molecule has 30 heavy (non-hydrogen) atoms. The van der Waals surface area contributed by atoms with E-state index in [9.17, 15) is 9.59 Å². The van der Waals surface area contributed by atoms with Crippen LogP contribution in [0.1, 0.15) is 12.2 Å². The molecule has 0 bridgehead atoms. The van der Waals surface area contributed by atoms with Crippen molar-refractivity contribution in [1.82, 2.24) is 4.90 Å². The fourth-order valence-corrected chi connectivity index (χ4v) is 3.77. The quantitative estimate of drug-likeness (QED) is 0.467. The first-order valence-electron chi connectivity index (χ1n) is 9.30. The van der Waals surface area contributed by atoms with E-state index in [4.69, 9.17) is 28.2 Å². The van der Waals surface area contributed by atoms with Gasteiger partial charge in [0, 0.05) is 10.7 Å². The number of carbonyl (C=O) groups excluding carboxylic acids is 2. The van der Waals surface area contributed by atoms with Crippen molar-refractivity contribution in [2.75, 3.05) is 10.2 Å². The second kappa shape index (κ2) is 8.69. The van der Waals surface area contributed by atoms with E-state index in [0.717, 1.165) is 5.69 Å². The van der Waals surface area contributed by atoms with Crippen LogP contribution in [0.5, 0.6) is 0 Å². The van der Waals surface area contributed by atoms with E-state index in [1.807, 2.05) is 30.3 Å². The van der Waals surface area contributed by atoms with Gasteiger partial charge in [-0.3, -0.25) is 9.59 Å². The molecule has 1 fully saturated rings. The van der Waals surface area contributed by atoms with Gasteiger partial charge in [0.15, 0.2) is 5.11 Å². The summed E-state index contributed by atoms with van der Waals surface area (Å²) in [5.41, 5.74) is 1.27. The predicted octanol–water partition coefficient (Wildman–Crippen LogP) is 4.46. The van der Waals surface area contributed by atoms with Crippen LogP contribution in [0.25, 0.3) is 0 Å². The monoisotopic (exact) mass is 439 g/mol. The highest BCUT2D eigenvalue weighted by molar-refractivity contribution is 7.80. The number of imide groups is 1. The normalized spacial score (nSPS) is 16.0. The van der Waals surface area contributed by atoms with Gasteiger partial charge in [-0.25, -0.2) is 4.90 Å². The summed E-state index contributed by atoms with van der Waals surface area (Å²) in [5.74, 6) is 0.00257.